The lowest BCUT2D eigenvalue weighted by Gasteiger charge is -2.37. The van der Waals surface area contributed by atoms with Gasteiger partial charge in [-0.3, -0.25) is 4.79 Å². The van der Waals surface area contributed by atoms with Crippen LogP contribution in [0.2, 0.25) is 0 Å². The van der Waals surface area contributed by atoms with Gasteiger partial charge in [-0.15, -0.1) is 0 Å². The average molecular weight is 507 g/mol. The van der Waals surface area contributed by atoms with E-state index in [1.165, 1.54) is 12.1 Å². The Labute approximate surface area is 207 Å². The number of carboxylic acid groups (broad SMARTS) is 1. The van der Waals surface area contributed by atoms with E-state index in [0.717, 1.165) is 16.9 Å². The molecule has 2 aromatic rings. The van der Waals surface area contributed by atoms with Crippen LogP contribution in [0, 0.1) is 5.82 Å². The fraction of sp³-hybridized carbons (Fsp3) is 0.500. The Kier molecular flexibility index (Phi) is 9.13. The zero-order chi connectivity index (χ0) is 25.6. The fourth-order valence-corrected chi connectivity index (χ4v) is 5.92. The molecule has 0 amide bonds. The van der Waals surface area contributed by atoms with Gasteiger partial charge in [-0.25, -0.2) is 12.8 Å². The molecule has 2 aromatic carbocycles. The number of rotatable bonds is 11. The monoisotopic (exact) mass is 506 g/mol. The SMILES string of the molecule is CCN(c1ccc(C(COC(C)C)CC(=O)O)cc1Nc1ccc(F)cc1)C1CCS(=O)(=O)CC1. The molecule has 3 rings (SSSR count). The second-order valence-electron chi connectivity index (χ2n) is 9.25. The van der Waals surface area contributed by atoms with Crippen molar-refractivity contribution in [1.82, 2.24) is 0 Å². The minimum Gasteiger partial charge on any atom is -0.481 e. The Morgan fingerprint density at radius 3 is 2.40 bits per heavy atom. The van der Waals surface area contributed by atoms with Crippen molar-refractivity contribution >= 4 is 32.9 Å². The summed E-state index contributed by atoms with van der Waals surface area (Å²) in [6, 6.07) is 11.9. The van der Waals surface area contributed by atoms with Crippen molar-refractivity contribution in [1.29, 1.82) is 0 Å². The van der Waals surface area contributed by atoms with Crippen molar-refractivity contribution in [3.63, 3.8) is 0 Å². The van der Waals surface area contributed by atoms with E-state index >= 15 is 0 Å². The molecule has 1 fully saturated rings. The highest BCUT2D eigenvalue weighted by Gasteiger charge is 2.29. The van der Waals surface area contributed by atoms with E-state index in [2.05, 4.69) is 10.2 Å². The minimum absolute atomic E-state index is 0.0273. The topological polar surface area (TPSA) is 95.9 Å². The molecule has 0 bridgehead atoms. The van der Waals surface area contributed by atoms with Gasteiger partial charge in [-0.05, 0) is 75.6 Å². The van der Waals surface area contributed by atoms with E-state index in [4.69, 9.17) is 4.74 Å². The van der Waals surface area contributed by atoms with Gasteiger partial charge in [-0.1, -0.05) is 6.07 Å². The van der Waals surface area contributed by atoms with E-state index in [-0.39, 0.29) is 48.4 Å². The number of ether oxygens (including phenoxy) is 1. The number of benzene rings is 2. The molecule has 7 nitrogen and oxygen atoms in total. The third kappa shape index (κ3) is 7.67. The van der Waals surface area contributed by atoms with Crippen LogP contribution in [0.5, 0.6) is 0 Å². The molecular weight excluding hydrogens is 471 g/mol. The van der Waals surface area contributed by atoms with Crippen molar-refractivity contribution in [2.75, 3.05) is 34.9 Å². The number of carboxylic acids is 1. The largest absolute Gasteiger partial charge is 0.481 e. The molecule has 1 aliphatic heterocycles. The van der Waals surface area contributed by atoms with Crippen LogP contribution < -0.4 is 10.2 Å². The maximum atomic E-state index is 13.5. The van der Waals surface area contributed by atoms with Gasteiger partial charge in [0.15, 0.2) is 0 Å². The number of hydrogen-bond donors (Lipinski definition) is 2. The van der Waals surface area contributed by atoms with Gasteiger partial charge in [0, 0.05) is 24.2 Å². The summed E-state index contributed by atoms with van der Waals surface area (Å²) in [6.45, 7) is 6.80. The number of carbonyl (C=O) groups is 1. The van der Waals surface area contributed by atoms with Gasteiger partial charge in [0.1, 0.15) is 15.7 Å². The van der Waals surface area contributed by atoms with Crippen molar-refractivity contribution in [3.05, 3.63) is 53.8 Å². The summed E-state index contributed by atoms with van der Waals surface area (Å²) >= 11 is 0. The molecule has 1 atom stereocenters. The molecule has 1 aliphatic rings. The Morgan fingerprint density at radius 1 is 1.17 bits per heavy atom. The van der Waals surface area contributed by atoms with Gasteiger partial charge < -0.3 is 20.1 Å². The summed E-state index contributed by atoms with van der Waals surface area (Å²) in [5.74, 6) is -1.25. The molecule has 1 unspecified atom stereocenters. The smallest absolute Gasteiger partial charge is 0.304 e. The van der Waals surface area contributed by atoms with Crippen LogP contribution in [0.4, 0.5) is 21.5 Å². The van der Waals surface area contributed by atoms with Crippen molar-refractivity contribution in [2.24, 2.45) is 0 Å². The molecule has 0 aromatic heterocycles. The van der Waals surface area contributed by atoms with Crippen LogP contribution in [0.3, 0.4) is 0 Å². The Bertz CT molecular complexity index is 1090. The predicted octanol–water partition coefficient (Wildman–Crippen LogP) is 4.96. The second-order valence-corrected chi connectivity index (χ2v) is 11.6. The summed E-state index contributed by atoms with van der Waals surface area (Å²) < 4.78 is 43.2. The highest BCUT2D eigenvalue weighted by molar-refractivity contribution is 7.91. The molecule has 1 saturated heterocycles. The van der Waals surface area contributed by atoms with Gasteiger partial charge in [0.25, 0.3) is 0 Å². The average Bonchev–Trinajstić information content (AvgIpc) is 2.80. The van der Waals surface area contributed by atoms with E-state index in [1.54, 1.807) is 12.1 Å². The Balaban J connectivity index is 1.99. The lowest BCUT2D eigenvalue weighted by Crippen LogP contribution is -2.41. The van der Waals surface area contributed by atoms with E-state index in [1.807, 2.05) is 39.0 Å². The third-order valence-corrected chi connectivity index (χ3v) is 8.00. The van der Waals surface area contributed by atoms with Crippen LogP contribution >= 0.6 is 0 Å². The van der Waals surface area contributed by atoms with Crippen molar-refractivity contribution in [2.45, 2.75) is 58.1 Å². The van der Waals surface area contributed by atoms with E-state index in [0.29, 0.717) is 25.1 Å². The summed E-state index contributed by atoms with van der Waals surface area (Å²) in [5, 5.41) is 12.8. The van der Waals surface area contributed by atoms with Gasteiger partial charge in [0.2, 0.25) is 0 Å². The quantitative estimate of drug-likeness (QED) is 0.445. The molecule has 35 heavy (non-hydrogen) atoms. The number of nitrogens with zero attached hydrogens (tertiary/aromatic N) is 1. The van der Waals surface area contributed by atoms with E-state index < -0.39 is 15.8 Å². The Hall–Kier alpha value is -2.65. The lowest BCUT2D eigenvalue weighted by atomic mass is 9.94. The van der Waals surface area contributed by atoms with Crippen LogP contribution in [-0.4, -0.2) is 56.3 Å². The number of hydrogen-bond acceptors (Lipinski definition) is 6. The number of anilines is 3. The molecule has 0 saturated carbocycles. The summed E-state index contributed by atoms with van der Waals surface area (Å²) in [4.78, 5) is 13.7. The highest BCUT2D eigenvalue weighted by Crippen LogP contribution is 2.36. The van der Waals surface area contributed by atoms with Crippen LogP contribution in [-0.2, 0) is 19.4 Å². The predicted molar refractivity (Wildman–Crippen MR) is 137 cm³/mol. The summed E-state index contributed by atoms with van der Waals surface area (Å²) in [7, 11) is -2.99. The summed E-state index contributed by atoms with van der Waals surface area (Å²) in [5.41, 5.74) is 3.16. The third-order valence-electron chi connectivity index (χ3n) is 6.28. The first kappa shape index (κ1) is 26.9. The normalized spacial score (nSPS) is 16.7. The van der Waals surface area contributed by atoms with Gasteiger partial charge in [0.05, 0.1) is 42.0 Å². The number of aliphatic carboxylic acids is 1. The van der Waals surface area contributed by atoms with Gasteiger partial charge in [-0.2, -0.15) is 0 Å². The first-order chi connectivity index (χ1) is 16.6. The molecule has 2 N–H and O–H groups in total. The molecule has 0 radical (unpaired) electrons. The second kappa shape index (κ2) is 11.9. The molecule has 192 valence electrons. The zero-order valence-corrected chi connectivity index (χ0v) is 21.4. The highest BCUT2D eigenvalue weighted by atomic mass is 32.2. The zero-order valence-electron chi connectivity index (χ0n) is 20.5. The summed E-state index contributed by atoms with van der Waals surface area (Å²) in [6.07, 6.45) is 1.01. The minimum atomic E-state index is -2.99. The molecular formula is C26H35FN2O5S. The van der Waals surface area contributed by atoms with Gasteiger partial charge >= 0.3 is 5.97 Å². The maximum Gasteiger partial charge on any atom is 0.304 e. The lowest BCUT2D eigenvalue weighted by molar-refractivity contribution is -0.138. The standard InChI is InChI=1S/C26H35FN2O5S/c1-4-29(23-11-13-35(32,33)14-12-23)25-10-5-19(20(16-26(30)31)17-34-18(2)3)15-24(25)28-22-8-6-21(27)7-9-22/h5-10,15,18,20,23,28H,4,11-14,16-17H2,1-3H3,(H,30,31). The number of sulfone groups is 1. The first-order valence-corrected chi connectivity index (χ1v) is 13.9. The van der Waals surface area contributed by atoms with Crippen LogP contribution in [0.15, 0.2) is 42.5 Å². The van der Waals surface area contributed by atoms with Crippen LogP contribution in [0.25, 0.3) is 0 Å². The maximum absolute atomic E-state index is 13.5. The molecule has 9 heteroatoms. The molecule has 1 heterocycles. The molecule has 0 spiro atoms. The fourth-order valence-electron chi connectivity index (χ4n) is 4.45. The van der Waals surface area contributed by atoms with E-state index in [9.17, 15) is 22.7 Å². The van der Waals surface area contributed by atoms with Crippen molar-refractivity contribution < 1.29 is 27.4 Å². The number of nitrogens with one attached hydrogen (secondary N) is 1. The number of halogens is 1. The molecule has 0 aliphatic carbocycles. The van der Waals surface area contributed by atoms with Crippen molar-refractivity contribution in [3.8, 4) is 0 Å². The first-order valence-electron chi connectivity index (χ1n) is 12.0. The van der Waals surface area contributed by atoms with Crippen LogP contribution in [0.1, 0.15) is 51.5 Å². The Morgan fingerprint density at radius 2 is 1.83 bits per heavy atom.